The van der Waals surface area contributed by atoms with Gasteiger partial charge in [0.1, 0.15) is 4.91 Å². The van der Waals surface area contributed by atoms with Gasteiger partial charge in [0.25, 0.3) is 10.1 Å². The lowest BCUT2D eigenvalue weighted by Crippen LogP contribution is -2.15. The molecule has 0 fully saturated rings. The van der Waals surface area contributed by atoms with Crippen LogP contribution in [0.4, 0.5) is 0 Å². The van der Waals surface area contributed by atoms with Crippen LogP contribution < -0.4 is 5.32 Å². The first-order chi connectivity index (χ1) is 9.09. The van der Waals surface area contributed by atoms with Crippen LogP contribution in [0.1, 0.15) is 18.0 Å². The summed E-state index contributed by atoms with van der Waals surface area (Å²) in [7, 11) is -5.03. The molecule has 0 radical (unpaired) electrons. The van der Waals surface area contributed by atoms with Gasteiger partial charge in [-0.15, -0.1) is 0 Å². The normalized spacial score (nSPS) is 19.4. The summed E-state index contributed by atoms with van der Waals surface area (Å²) < 4.78 is 50.7. The second-order valence-electron chi connectivity index (χ2n) is 2.79. The van der Waals surface area contributed by atoms with Crippen LogP contribution in [0.15, 0.2) is 23.1 Å². The third kappa shape index (κ3) is 6.10. The molecule has 7 heteroatoms. The summed E-state index contributed by atoms with van der Waals surface area (Å²) in [5.74, 6) is -2.90. The molecule has 0 aromatic heterocycles. The lowest BCUT2D eigenvalue weighted by atomic mass is 10.2. The maximum atomic E-state index is 11.1. The summed E-state index contributed by atoms with van der Waals surface area (Å²) in [6, 6.07) is -3.50. The fraction of sp³-hybridized carbons (Fsp3) is 0.400. The second kappa shape index (κ2) is 7.10. The molecule has 96 valence electrons. The minimum atomic E-state index is -5.03. The van der Waals surface area contributed by atoms with Crippen molar-refractivity contribution >= 4 is 21.7 Å². The fourth-order valence-corrected chi connectivity index (χ4v) is 1.30. The molecule has 1 rings (SSSR count). The van der Waals surface area contributed by atoms with E-state index in [0.717, 1.165) is 13.1 Å². The molecule has 1 aliphatic rings. The van der Waals surface area contributed by atoms with Crippen molar-refractivity contribution in [3.8, 4) is 0 Å². The molecule has 0 aromatic rings. The summed E-state index contributed by atoms with van der Waals surface area (Å²) in [5, 5.41) is 3.11. The minimum absolute atomic E-state index is 1.06. The van der Waals surface area contributed by atoms with E-state index in [0.29, 0.717) is 0 Å². The number of nitrogens with one attached hydrogen (secondary N) is 1. The van der Waals surface area contributed by atoms with Gasteiger partial charge in [0.15, 0.2) is 11.6 Å². The molecule has 2 N–H and O–H groups in total. The molecule has 0 amide bonds. The van der Waals surface area contributed by atoms with E-state index in [2.05, 4.69) is 19.2 Å². The Bertz CT molecular complexity index is 578. The van der Waals surface area contributed by atoms with Crippen LogP contribution in [0, 0.1) is 0 Å². The zero-order chi connectivity index (χ0) is 16.1. The Morgan fingerprint density at radius 1 is 1.29 bits per heavy atom. The summed E-state index contributed by atoms with van der Waals surface area (Å²) in [5.41, 5.74) is 0. The third-order valence-electron chi connectivity index (χ3n) is 1.48. The van der Waals surface area contributed by atoms with E-state index in [-0.39, 0.29) is 0 Å². The number of carbonyl (C=O) groups excluding carboxylic acids is 2. The largest absolute Gasteiger partial charge is 0.317 e. The quantitative estimate of drug-likeness (QED) is 0.553. The van der Waals surface area contributed by atoms with Crippen molar-refractivity contribution in [2.24, 2.45) is 0 Å². The Hall–Kier alpha value is -1.31. The van der Waals surface area contributed by atoms with Gasteiger partial charge >= 0.3 is 0 Å². The topological polar surface area (TPSA) is 101 Å². The standard InChI is InChI=1S/C6H4O5S.C4H11N/c7-4-1-2-5(8)6(3-4)12(9,10)11;1-3-5-4-2/h1-3H,(H,9,10,11);5H,3-4H2,1-2H3/i1D,2D,3D;. The number of ketones is 2. The molecule has 0 saturated heterocycles. The molecule has 0 spiro atoms. The number of allylic oxidation sites excluding steroid dienone is 4. The summed E-state index contributed by atoms with van der Waals surface area (Å²) in [4.78, 5) is 20.7. The van der Waals surface area contributed by atoms with E-state index in [1.807, 2.05) is 0 Å². The molecule has 0 unspecified atom stereocenters. The van der Waals surface area contributed by atoms with Gasteiger partial charge < -0.3 is 5.32 Å². The monoisotopic (exact) mass is 264 g/mol. The first-order valence-corrected chi connectivity index (χ1v) is 6.19. The highest BCUT2D eigenvalue weighted by atomic mass is 32.2. The first-order valence-electron chi connectivity index (χ1n) is 6.25. The van der Waals surface area contributed by atoms with Gasteiger partial charge in [0.05, 0.1) is 4.11 Å². The van der Waals surface area contributed by atoms with Crippen LogP contribution >= 0.6 is 0 Å². The van der Waals surface area contributed by atoms with E-state index in [9.17, 15) is 18.0 Å². The Morgan fingerprint density at radius 2 is 1.82 bits per heavy atom. The summed E-state index contributed by atoms with van der Waals surface area (Å²) >= 11 is 0. The molecule has 0 bridgehead atoms. The Kier molecular flexibility index (Phi) is 4.52. The molecule has 0 aromatic carbocycles. The molecule has 17 heavy (non-hydrogen) atoms. The zero-order valence-electron chi connectivity index (χ0n) is 12.4. The molecular formula is C10H15NO5S. The van der Waals surface area contributed by atoms with Crippen LogP contribution in [0.25, 0.3) is 0 Å². The predicted molar refractivity (Wildman–Crippen MR) is 63.0 cm³/mol. The Morgan fingerprint density at radius 3 is 2.18 bits per heavy atom. The van der Waals surface area contributed by atoms with Gasteiger partial charge in [-0.1, -0.05) is 13.8 Å². The van der Waals surface area contributed by atoms with Crippen molar-refractivity contribution in [2.75, 3.05) is 13.1 Å². The van der Waals surface area contributed by atoms with Crippen molar-refractivity contribution in [1.82, 2.24) is 5.32 Å². The SMILES string of the molecule is CCNCC.[2H]C1=C([2H])C(=O)C(S(=O)(=O)O)=C([2H])C1=O. The fourth-order valence-electron chi connectivity index (χ4n) is 0.793. The van der Waals surface area contributed by atoms with Crippen molar-refractivity contribution < 1.29 is 26.7 Å². The van der Waals surface area contributed by atoms with E-state index in [4.69, 9.17) is 8.67 Å². The number of hydrogen-bond donors (Lipinski definition) is 2. The lowest BCUT2D eigenvalue weighted by molar-refractivity contribution is -0.114. The highest BCUT2D eigenvalue weighted by Gasteiger charge is 2.23. The third-order valence-corrected chi connectivity index (χ3v) is 2.28. The van der Waals surface area contributed by atoms with Crippen molar-refractivity contribution in [2.45, 2.75) is 13.8 Å². The van der Waals surface area contributed by atoms with Crippen molar-refractivity contribution in [3.63, 3.8) is 0 Å². The van der Waals surface area contributed by atoms with Crippen molar-refractivity contribution in [1.29, 1.82) is 0 Å². The molecule has 0 atom stereocenters. The van der Waals surface area contributed by atoms with Crippen LogP contribution in [0.2, 0.25) is 0 Å². The van der Waals surface area contributed by atoms with E-state index >= 15 is 0 Å². The molecular weight excluding hydrogens is 246 g/mol. The summed E-state index contributed by atoms with van der Waals surface area (Å²) in [6.45, 7) is 6.39. The smallest absolute Gasteiger partial charge is 0.298 e. The molecule has 0 heterocycles. The lowest BCUT2D eigenvalue weighted by Gasteiger charge is -2.01. The Labute approximate surface area is 104 Å². The average Bonchev–Trinajstić information content (AvgIpc) is 2.34. The van der Waals surface area contributed by atoms with Gasteiger partial charge in [0, 0.05) is 6.05 Å². The van der Waals surface area contributed by atoms with Gasteiger partial charge in [-0.3, -0.25) is 14.1 Å². The minimum Gasteiger partial charge on any atom is -0.317 e. The van der Waals surface area contributed by atoms with Crippen LogP contribution in [0.3, 0.4) is 0 Å². The first kappa shape index (κ1) is 10.8. The Balaban J connectivity index is 0.000000621. The number of hydrogen-bond acceptors (Lipinski definition) is 5. The van der Waals surface area contributed by atoms with Gasteiger partial charge in [0.2, 0.25) is 0 Å². The van der Waals surface area contributed by atoms with Gasteiger partial charge in [-0.25, -0.2) is 0 Å². The maximum absolute atomic E-state index is 11.1. The van der Waals surface area contributed by atoms with Crippen molar-refractivity contribution in [3.05, 3.63) is 23.1 Å². The molecule has 6 nitrogen and oxygen atoms in total. The number of carbonyl (C=O) groups is 2. The summed E-state index contributed by atoms with van der Waals surface area (Å²) in [6.07, 6.45) is 0. The molecule has 1 aliphatic carbocycles. The molecule has 0 saturated carbocycles. The van der Waals surface area contributed by atoms with E-state index in [1.54, 1.807) is 0 Å². The molecule has 0 aliphatic heterocycles. The number of rotatable bonds is 3. The zero-order valence-corrected chi connectivity index (χ0v) is 10.2. The highest BCUT2D eigenvalue weighted by Crippen LogP contribution is 2.10. The maximum Gasteiger partial charge on any atom is 0.298 e. The highest BCUT2D eigenvalue weighted by molar-refractivity contribution is 7.91. The van der Waals surface area contributed by atoms with E-state index < -0.39 is 44.7 Å². The van der Waals surface area contributed by atoms with Crippen LogP contribution in [-0.2, 0) is 19.7 Å². The van der Waals surface area contributed by atoms with Crippen LogP contribution in [0.5, 0.6) is 0 Å². The van der Waals surface area contributed by atoms with Gasteiger partial charge in [-0.2, -0.15) is 8.42 Å². The van der Waals surface area contributed by atoms with Crippen LogP contribution in [-0.4, -0.2) is 37.6 Å². The predicted octanol–water partition coefficient (Wildman–Crippen LogP) is 0.0819. The van der Waals surface area contributed by atoms with E-state index in [1.165, 1.54) is 0 Å². The second-order valence-corrected chi connectivity index (χ2v) is 4.15. The average molecular weight is 264 g/mol. The van der Waals surface area contributed by atoms with Gasteiger partial charge in [-0.05, 0) is 25.2 Å².